The van der Waals surface area contributed by atoms with E-state index in [2.05, 4.69) is 9.97 Å². The number of hydrogen-bond acceptors (Lipinski definition) is 8. The first-order chi connectivity index (χ1) is 15.6. The van der Waals surface area contributed by atoms with Gasteiger partial charge in [-0.1, -0.05) is 12.1 Å². The lowest BCUT2D eigenvalue weighted by Crippen LogP contribution is -2.50. The monoisotopic (exact) mass is 452 g/mol. The van der Waals surface area contributed by atoms with Gasteiger partial charge in [0.15, 0.2) is 5.92 Å². The summed E-state index contributed by atoms with van der Waals surface area (Å²) < 4.78 is 18.9. The van der Waals surface area contributed by atoms with Crippen LogP contribution in [0, 0.1) is 25.0 Å². The number of imidazole rings is 1. The summed E-state index contributed by atoms with van der Waals surface area (Å²) >= 11 is 0. The molecule has 0 saturated carbocycles. The number of benzene rings is 1. The largest absolute Gasteiger partial charge is 0.711 e. The number of nitrogens with zero attached hydrogens (tertiary/aromatic N) is 4. The van der Waals surface area contributed by atoms with Crippen LogP contribution in [-0.4, -0.2) is 32.3 Å². The molecule has 10 heteroatoms. The van der Waals surface area contributed by atoms with Gasteiger partial charge in [-0.25, -0.2) is 19.3 Å². The number of cyclic esters (lactones) is 2. The Hall–Kier alpha value is -3.95. The van der Waals surface area contributed by atoms with E-state index in [0.29, 0.717) is 22.7 Å². The van der Waals surface area contributed by atoms with Gasteiger partial charge in [0.1, 0.15) is 23.1 Å². The number of aromatic nitrogens is 4. The standard InChI is InChI=1S/C23H24N4O6/c1-13-14(2)27(30)19(26(13)5)17(18-20(28)32-23(3,4)33-21(18)29)15-8-6-9-16(12-15)31-22-24-10-7-11-25-22/h6-12,17-18H,1-5H3. The van der Waals surface area contributed by atoms with Gasteiger partial charge in [-0.05, 0) is 23.8 Å². The molecule has 1 fully saturated rings. The van der Waals surface area contributed by atoms with Gasteiger partial charge in [-0.3, -0.25) is 9.59 Å². The van der Waals surface area contributed by atoms with Crippen LogP contribution in [0.3, 0.4) is 0 Å². The zero-order valence-electron chi connectivity index (χ0n) is 18.9. The second kappa shape index (κ2) is 8.19. The Morgan fingerprint density at radius 1 is 1.12 bits per heavy atom. The summed E-state index contributed by atoms with van der Waals surface area (Å²) in [4.78, 5) is 34.1. The molecule has 1 atom stereocenters. The van der Waals surface area contributed by atoms with E-state index in [1.807, 2.05) is 0 Å². The summed E-state index contributed by atoms with van der Waals surface area (Å²) in [5.74, 6) is -4.72. The van der Waals surface area contributed by atoms with Crippen molar-refractivity contribution in [2.45, 2.75) is 39.4 Å². The second-order valence-electron chi connectivity index (χ2n) is 8.29. The Balaban J connectivity index is 1.84. The average molecular weight is 452 g/mol. The highest BCUT2D eigenvalue weighted by Crippen LogP contribution is 2.38. The molecule has 1 aliphatic rings. The fourth-order valence-electron chi connectivity index (χ4n) is 3.91. The zero-order valence-corrected chi connectivity index (χ0v) is 18.9. The zero-order chi connectivity index (χ0) is 23.9. The Morgan fingerprint density at radius 3 is 2.33 bits per heavy atom. The summed E-state index contributed by atoms with van der Waals surface area (Å²) in [5.41, 5.74) is 1.65. The van der Waals surface area contributed by atoms with Gasteiger partial charge in [0, 0.05) is 40.1 Å². The minimum Gasteiger partial charge on any atom is -0.711 e. The fraction of sp³-hybridized carbons (Fsp3) is 0.348. The Bertz CT molecular complexity index is 1180. The minimum absolute atomic E-state index is 0.133. The van der Waals surface area contributed by atoms with E-state index in [4.69, 9.17) is 14.2 Å². The first-order valence-electron chi connectivity index (χ1n) is 10.3. The molecule has 2 aromatic heterocycles. The normalized spacial score (nSPS) is 16.8. The Morgan fingerprint density at radius 2 is 1.76 bits per heavy atom. The predicted molar refractivity (Wildman–Crippen MR) is 114 cm³/mol. The van der Waals surface area contributed by atoms with E-state index in [1.54, 1.807) is 68.2 Å². The SMILES string of the molecule is Cc1c(C)[n+]([O-])c(C(c2cccc(Oc3ncccn3)c2)C2C(=O)OC(C)(C)OC2=O)n1C. The average Bonchev–Trinajstić information content (AvgIpc) is 2.94. The summed E-state index contributed by atoms with van der Waals surface area (Å²) in [6.07, 6.45) is 3.08. The number of rotatable bonds is 5. The van der Waals surface area contributed by atoms with E-state index in [-0.39, 0.29) is 11.8 Å². The summed E-state index contributed by atoms with van der Waals surface area (Å²) in [5, 5.41) is 13.1. The van der Waals surface area contributed by atoms with Crippen molar-refractivity contribution >= 4 is 11.9 Å². The second-order valence-corrected chi connectivity index (χ2v) is 8.29. The molecule has 3 heterocycles. The van der Waals surface area contributed by atoms with E-state index >= 15 is 0 Å². The molecule has 1 unspecified atom stereocenters. The van der Waals surface area contributed by atoms with Gasteiger partial charge < -0.3 is 19.4 Å². The van der Waals surface area contributed by atoms with Crippen LogP contribution in [0.5, 0.6) is 11.8 Å². The third-order valence-electron chi connectivity index (χ3n) is 5.66. The van der Waals surface area contributed by atoms with Gasteiger partial charge in [0.25, 0.3) is 11.6 Å². The molecule has 10 nitrogen and oxygen atoms in total. The van der Waals surface area contributed by atoms with E-state index in [9.17, 15) is 14.8 Å². The van der Waals surface area contributed by atoms with Crippen LogP contribution in [0.4, 0.5) is 0 Å². The number of hydrogen-bond donors (Lipinski definition) is 0. The van der Waals surface area contributed by atoms with E-state index in [0.717, 1.165) is 4.73 Å². The molecule has 172 valence electrons. The molecule has 1 aromatic carbocycles. The third kappa shape index (κ3) is 4.11. The molecule has 0 N–H and O–H groups in total. The van der Waals surface area contributed by atoms with E-state index in [1.165, 1.54) is 13.8 Å². The quantitative estimate of drug-likeness (QED) is 0.251. The predicted octanol–water partition coefficient (Wildman–Crippen LogP) is 2.44. The van der Waals surface area contributed by atoms with Crippen molar-refractivity contribution in [2.24, 2.45) is 13.0 Å². The van der Waals surface area contributed by atoms with Crippen molar-refractivity contribution in [3.8, 4) is 11.8 Å². The maximum Gasteiger partial charge on any atom is 0.324 e. The van der Waals surface area contributed by atoms with Crippen molar-refractivity contribution in [3.63, 3.8) is 0 Å². The van der Waals surface area contributed by atoms with Crippen molar-refractivity contribution in [1.82, 2.24) is 14.5 Å². The van der Waals surface area contributed by atoms with Crippen molar-refractivity contribution in [1.29, 1.82) is 0 Å². The number of ether oxygens (including phenoxy) is 3. The molecular weight excluding hydrogens is 428 g/mol. The molecule has 1 saturated heterocycles. The van der Waals surface area contributed by atoms with Crippen molar-refractivity contribution in [2.75, 3.05) is 0 Å². The maximum atomic E-state index is 13.1. The molecule has 0 aliphatic carbocycles. The van der Waals surface area contributed by atoms with Crippen LogP contribution in [0.1, 0.15) is 42.5 Å². The number of esters is 2. The van der Waals surface area contributed by atoms with Gasteiger partial charge in [-0.2, -0.15) is 0 Å². The lowest BCUT2D eigenvalue weighted by molar-refractivity contribution is -0.621. The van der Waals surface area contributed by atoms with Crippen LogP contribution in [0.25, 0.3) is 0 Å². The maximum absolute atomic E-state index is 13.1. The third-order valence-corrected chi connectivity index (χ3v) is 5.66. The minimum atomic E-state index is -1.39. The highest BCUT2D eigenvalue weighted by Gasteiger charge is 2.51. The molecule has 33 heavy (non-hydrogen) atoms. The Kier molecular flexibility index (Phi) is 5.52. The first-order valence-corrected chi connectivity index (χ1v) is 10.3. The van der Waals surface area contributed by atoms with Crippen LogP contribution in [-0.2, 0) is 26.1 Å². The first kappa shape index (κ1) is 22.3. The lowest BCUT2D eigenvalue weighted by Gasteiger charge is -2.35. The smallest absolute Gasteiger partial charge is 0.324 e. The highest BCUT2D eigenvalue weighted by atomic mass is 16.7. The van der Waals surface area contributed by atoms with Gasteiger partial charge in [-0.15, -0.1) is 0 Å². The molecule has 0 bridgehead atoms. The molecule has 3 aromatic rings. The van der Waals surface area contributed by atoms with Crippen LogP contribution >= 0.6 is 0 Å². The highest BCUT2D eigenvalue weighted by molar-refractivity contribution is 5.98. The number of carbonyl (C=O) groups excluding carboxylic acids is 2. The van der Waals surface area contributed by atoms with Crippen LogP contribution in [0.15, 0.2) is 42.7 Å². The fourth-order valence-corrected chi connectivity index (χ4v) is 3.91. The van der Waals surface area contributed by atoms with Crippen molar-refractivity contribution < 1.29 is 28.5 Å². The summed E-state index contributed by atoms with van der Waals surface area (Å²) in [7, 11) is 1.71. The summed E-state index contributed by atoms with van der Waals surface area (Å²) in [6, 6.07) is 8.52. The van der Waals surface area contributed by atoms with Crippen LogP contribution in [0.2, 0.25) is 0 Å². The molecule has 0 amide bonds. The topological polar surface area (TPSA) is 119 Å². The van der Waals surface area contributed by atoms with Gasteiger partial charge in [0.2, 0.25) is 0 Å². The molecular formula is C23H24N4O6. The molecule has 0 spiro atoms. The van der Waals surface area contributed by atoms with Crippen molar-refractivity contribution in [3.05, 3.63) is 70.7 Å². The molecule has 0 radical (unpaired) electrons. The summed E-state index contributed by atoms with van der Waals surface area (Å²) in [6.45, 7) is 6.42. The van der Waals surface area contributed by atoms with Gasteiger partial charge in [0.05, 0.1) is 7.05 Å². The number of carbonyl (C=O) groups is 2. The molecule has 1 aliphatic heterocycles. The lowest BCUT2D eigenvalue weighted by atomic mass is 9.84. The van der Waals surface area contributed by atoms with Crippen LogP contribution < -0.4 is 9.47 Å². The van der Waals surface area contributed by atoms with E-state index < -0.39 is 29.6 Å². The molecule has 4 rings (SSSR count). The van der Waals surface area contributed by atoms with Gasteiger partial charge >= 0.3 is 17.9 Å². The Labute approximate surface area is 190 Å².